The molecule has 3 rings (SSSR count). The summed E-state index contributed by atoms with van der Waals surface area (Å²) in [5.41, 5.74) is 0. The number of nitrogens with one attached hydrogen (secondary N) is 1. The lowest BCUT2D eigenvalue weighted by molar-refractivity contribution is 0.294. The van der Waals surface area contributed by atoms with E-state index in [9.17, 15) is 0 Å². The Morgan fingerprint density at radius 2 is 2.19 bits per heavy atom. The molecule has 1 aliphatic rings. The molecule has 1 fully saturated rings. The van der Waals surface area contributed by atoms with Gasteiger partial charge >= 0.3 is 0 Å². The van der Waals surface area contributed by atoms with Gasteiger partial charge in [0.1, 0.15) is 0 Å². The molecular formula is C15H18BrN3OS. The zero-order valence-corrected chi connectivity index (χ0v) is 14.3. The molecule has 0 bridgehead atoms. The molecule has 1 aliphatic heterocycles. The lowest BCUT2D eigenvalue weighted by Gasteiger charge is -2.25. The highest BCUT2D eigenvalue weighted by Crippen LogP contribution is 2.28. The Morgan fingerprint density at radius 1 is 1.38 bits per heavy atom. The Morgan fingerprint density at radius 3 is 2.95 bits per heavy atom. The van der Waals surface area contributed by atoms with Crippen molar-refractivity contribution in [3.05, 3.63) is 40.5 Å². The number of hydrogen-bond donors (Lipinski definition) is 1. The molecule has 112 valence electrons. The summed E-state index contributed by atoms with van der Waals surface area (Å²) in [4.78, 5) is 5.77. The van der Waals surface area contributed by atoms with Crippen molar-refractivity contribution in [1.82, 2.24) is 15.5 Å². The van der Waals surface area contributed by atoms with Crippen LogP contribution in [0.1, 0.15) is 37.4 Å². The first-order valence-corrected chi connectivity index (χ1v) is 8.93. The van der Waals surface area contributed by atoms with Gasteiger partial charge in [0.25, 0.3) is 0 Å². The van der Waals surface area contributed by atoms with E-state index in [1.165, 1.54) is 4.90 Å². The Labute approximate surface area is 137 Å². The minimum absolute atomic E-state index is 0.403. The van der Waals surface area contributed by atoms with E-state index in [2.05, 4.69) is 50.4 Å². The lowest BCUT2D eigenvalue weighted by Crippen LogP contribution is -2.34. The van der Waals surface area contributed by atoms with Gasteiger partial charge < -0.3 is 9.84 Å². The van der Waals surface area contributed by atoms with Crippen molar-refractivity contribution in [3.8, 4) is 0 Å². The monoisotopic (exact) mass is 367 g/mol. The number of rotatable bonds is 4. The molecular weight excluding hydrogens is 350 g/mol. The first kappa shape index (κ1) is 15.1. The van der Waals surface area contributed by atoms with Crippen molar-refractivity contribution in [2.75, 3.05) is 6.54 Å². The maximum Gasteiger partial charge on any atom is 0.229 e. The molecule has 2 unspecified atom stereocenters. The van der Waals surface area contributed by atoms with Gasteiger partial charge in [-0.25, -0.2) is 0 Å². The Hall–Kier alpha value is -0.850. The van der Waals surface area contributed by atoms with Crippen LogP contribution >= 0.6 is 27.7 Å². The Bertz CT molecular complexity index is 587. The normalized spacial score (nSPS) is 22.4. The summed E-state index contributed by atoms with van der Waals surface area (Å²) in [5, 5.41) is 7.55. The quantitative estimate of drug-likeness (QED) is 0.828. The number of halogens is 1. The van der Waals surface area contributed by atoms with E-state index in [-0.39, 0.29) is 0 Å². The average molecular weight is 368 g/mol. The van der Waals surface area contributed by atoms with Crippen LogP contribution in [0.4, 0.5) is 0 Å². The molecule has 1 saturated heterocycles. The molecule has 0 aliphatic carbocycles. The summed E-state index contributed by atoms with van der Waals surface area (Å²) in [6.45, 7) is 3.23. The van der Waals surface area contributed by atoms with Gasteiger partial charge in [-0.05, 0) is 50.6 Å². The highest BCUT2D eigenvalue weighted by Gasteiger charge is 2.24. The van der Waals surface area contributed by atoms with Crippen LogP contribution < -0.4 is 5.32 Å². The van der Waals surface area contributed by atoms with E-state index >= 15 is 0 Å². The van der Waals surface area contributed by atoms with Gasteiger partial charge in [0, 0.05) is 21.3 Å². The molecule has 0 amide bonds. The van der Waals surface area contributed by atoms with Crippen LogP contribution in [-0.2, 0) is 5.75 Å². The summed E-state index contributed by atoms with van der Waals surface area (Å²) in [6.07, 6.45) is 2.15. The van der Waals surface area contributed by atoms with Gasteiger partial charge in [-0.3, -0.25) is 0 Å². The Kier molecular flexibility index (Phi) is 4.98. The van der Waals surface area contributed by atoms with E-state index in [1.807, 2.05) is 12.1 Å². The molecule has 1 N–H and O–H groups in total. The van der Waals surface area contributed by atoms with Gasteiger partial charge in [-0.1, -0.05) is 21.1 Å². The SMILES string of the molecule is CC1CC(c2nc(CSc3ccc(Br)cc3)no2)CCN1. The molecule has 1 aromatic heterocycles. The highest BCUT2D eigenvalue weighted by atomic mass is 79.9. The van der Waals surface area contributed by atoms with Crippen molar-refractivity contribution in [2.45, 2.75) is 42.4 Å². The highest BCUT2D eigenvalue weighted by molar-refractivity contribution is 9.10. The molecule has 6 heteroatoms. The number of piperidine rings is 1. The van der Waals surface area contributed by atoms with Crippen LogP contribution in [-0.4, -0.2) is 22.7 Å². The van der Waals surface area contributed by atoms with Crippen LogP contribution in [0.25, 0.3) is 0 Å². The molecule has 4 nitrogen and oxygen atoms in total. The Balaban J connectivity index is 1.58. The fourth-order valence-electron chi connectivity index (χ4n) is 2.53. The smallest absolute Gasteiger partial charge is 0.229 e. The number of aromatic nitrogens is 2. The summed E-state index contributed by atoms with van der Waals surface area (Å²) in [5.74, 6) is 2.73. The molecule has 1 aromatic carbocycles. The number of hydrogen-bond acceptors (Lipinski definition) is 5. The maximum absolute atomic E-state index is 5.45. The fourth-order valence-corrected chi connectivity index (χ4v) is 3.53. The van der Waals surface area contributed by atoms with E-state index < -0.39 is 0 Å². The van der Waals surface area contributed by atoms with E-state index in [4.69, 9.17) is 4.52 Å². The molecule has 2 heterocycles. The van der Waals surface area contributed by atoms with Crippen LogP contribution in [0.5, 0.6) is 0 Å². The second-order valence-corrected chi connectivity index (χ2v) is 7.33. The summed E-state index contributed by atoms with van der Waals surface area (Å²) in [7, 11) is 0. The lowest BCUT2D eigenvalue weighted by atomic mass is 9.93. The van der Waals surface area contributed by atoms with Crippen LogP contribution in [0.15, 0.2) is 38.2 Å². The van der Waals surface area contributed by atoms with Crippen molar-refractivity contribution in [3.63, 3.8) is 0 Å². The third kappa shape index (κ3) is 4.08. The molecule has 0 saturated carbocycles. The third-order valence-corrected chi connectivity index (χ3v) is 5.17. The van der Waals surface area contributed by atoms with Gasteiger partial charge in [-0.15, -0.1) is 11.8 Å². The fraction of sp³-hybridized carbons (Fsp3) is 0.467. The van der Waals surface area contributed by atoms with Gasteiger partial charge in [0.2, 0.25) is 5.89 Å². The minimum Gasteiger partial charge on any atom is -0.339 e. The van der Waals surface area contributed by atoms with Crippen molar-refractivity contribution in [1.29, 1.82) is 0 Å². The summed E-state index contributed by atoms with van der Waals surface area (Å²) >= 11 is 5.16. The molecule has 2 atom stereocenters. The molecule has 21 heavy (non-hydrogen) atoms. The predicted molar refractivity (Wildman–Crippen MR) is 87.4 cm³/mol. The van der Waals surface area contributed by atoms with Crippen molar-refractivity contribution in [2.24, 2.45) is 0 Å². The van der Waals surface area contributed by atoms with Gasteiger partial charge in [0.15, 0.2) is 5.82 Å². The third-order valence-electron chi connectivity index (χ3n) is 3.64. The first-order valence-electron chi connectivity index (χ1n) is 7.15. The van der Waals surface area contributed by atoms with E-state index in [0.29, 0.717) is 12.0 Å². The summed E-state index contributed by atoms with van der Waals surface area (Å²) < 4.78 is 6.54. The van der Waals surface area contributed by atoms with E-state index in [1.54, 1.807) is 11.8 Å². The molecule has 0 radical (unpaired) electrons. The van der Waals surface area contributed by atoms with Crippen LogP contribution in [0.3, 0.4) is 0 Å². The standard InChI is InChI=1S/C15H18BrN3OS/c1-10-8-11(6-7-17-10)15-18-14(19-20-15)9-21-13-4-2-12(16)3-5-13/h2-5,10-11,17H,6-9H2,1H3. The average Bonchev–Trinajstić information content (AvgIpc) is 2.96. The number of benzene rings is 1. The summed E-state index contributed by atoms with van der Waals surface area (Å²) in [6, 6.07) is 8.78. The van der Waals surface area contributed by atoms with Crippen molar-refractivity contribution >= 4 is 27.7 Å². The predicted octanol–water partition coefficient (Wildman–Crippen LogP) is 3.98. The van der Waals surface area contributed by atoms with E-state index in [0.717, 1.165) is 41.3 Å². The number of thioether (sulfide) groups is 1. The zero-order chi connectivity index (χ0) is 14.7. The van der Waals surface area contributed by atoms with Gasteiger partial charge in [-0.2, -0.15) is 4.98 Å². The zero-order valence-electron chi connectivity index (χ0n) is 11.9. The second-order valence-electron chi connectivity index (χ2n) is 5.37. The first-order chi connectivity index (χ1) is 10.2. The van der Waals surface area contributed by atoms with Crippen LogP contribution in [0.2, 0.25) is 0 Å². The van der Waals surface area contributed by atoms with Crippen LogP contribution in [0, 0.1) is 0 Å². The maximum atomic E-state index is 5.45. The van der Waals surface area contributed by atoms with Gasteiger partial charge in [0.05, 0.1) is 5.75 Å². The topological polar surface area (TPSA) is 51.0 Å². The molecule has 0 spiro atoms. The van der Waals surface area contributed by atoms with Crippen molar-refractivity contribution < 1.29 is 4.52 Å². The largest absolute Gasteiger partial charge is 0.339 e. The minimum atomic E-state index is 0.403. The molecule has 2 aromatic rings. The second kappa shape index (κ2) is 6.94. The number of nitrogens with zero attached hydrogens (tertiary/aromatic N) is 2.